The van der Waals surface area contributed by atoms with Gasteiger partial charge in [0.15, 0.2) is 4.73 Å². The molecule has 1 aliphatic carbocycles. The second-order valence-corrected chi connectivity index (χ2v) is 5.25. The Bertz CT molecular complexity index is 305. The van der Waals surface area contributed by atoms with Crippen molar-refractivity contribution in [3.63, 3.8) is 0 Å². The van der Waals surface area contributed by atoms with Gasteiger partial charge in [0.1, 0.15) is 0 Å². The molecule has 0 unspecified atom stereocenters. The first-order chi connectivity index (χ1) is 6.75. The molecule has 2 rings (SSSR count). The average Bonchev–Trinajstić information content (AvgIpc) is 2.47. The van der Waals surface area contributed by atoms with Gasteiger partial charge in [0, 0.05) is 6.54 Å². The number of hydrogen-bond acceptors (Lipinski definition) is 2. The summed E-state index contributed by atoms with van der Waals surface area (Å²) in [5.74, 6) is 0.786. The molecule has 0 spiro atoms. The zero-order valence-electron chi connectivity index (χ0n) is 7.92. The largest absolute Gasteiger partial charge is 0.239 e. The molecule has 0 aromatic carbocycles. The van der Waals surface area contributed by atoms with Crippen LogP contribution < -0.4 is 0 Å². The molecule has 1 aliphatic rings. The second kappa shape index (κ2) is 4.75. The van der Waals surface area contributed by atoms with Crippen LogP contribution in [0.15, 0.2) is 9.47 Å². The minimum absolute atomic E-state index is 0.667. The van der Waals surface area contributed by atoms with Gasteiger partial charge in [-0.25, -0.2) is 4.68 Å². The van der Waals surface area contributed by atoms with Crippen LogP contribution in [0.3, 0.4) is 0 Å². The van der Waals surface area contributed by atoms with E-state index in [0.29, 0.717) is 4.73 Å². The Morgan fingerprint density at radius 2 is 1.93 bits per heavy atom. The number of nitrogens with zero attached hydrogens (tertiary/aromatic N) is 3. The first-order valence-corrected chi connectivity index (χ1v) is 6.60. The Morgan fingerprint density at radius 1 is 1.21 bits per heavy atom. The maximum absolute atomic E-state index is 4.28. The first kappa shape index (κ1) is 10.6. The van der Waals surface area contributed by atoms with E-state index in [1.165, 1.54) is 32.1 Å². The Hall–Kier alpha value is 0.1000. The minimum atomic E-state index is 0.667. The molecular formula is C9H13Br2N3. The minimum Gasteiger partial charge on any atom is -0.239 e. The topological polar surface area (TPSA) is 30.7 Å². The number of hydrogen-bond donors (Lipinski definition) is 0. The number of aromatic nitrogens is 3. The summed E-state index contributed by atoms with van der Waals surface area (Å²) in [7, 11) is 0. The number of rotatable bonds is 2. The summed E-state index contributed by atoms with van der Waals surface area (Å²) in [6.07, 6.45) is 6.82. The maximum atomic E-state index is 4.28. The average molecular weight is 323 g/mol. The summed E-state index contributed by atoms with van der Waals surface area (Å²) >= 11 is 6.68. The van der Waals surface area contributed by atoms with Gasteiger partial charge in [-0.1, -0.05) is 19.3 Å². The predicted molar refractivity (Wildman–Crippen MR) is 62.0 cm³/mol. The third-order valence-electron chi connectivity index (χ3n) is 2.76. The molecule has 0 amide bonds. The van der Waals surface area contributed by atoms with E-state index < -0.39 is 0 Å². The van der Waals surface area contributed by atoms with Gasteiger partial charge in [-0.15, -0.1) is 5.10 Å². The van der Waals surface area contributed by atoms with E-state index in [9.17, 15) is 0 Å². The van der Waals surface area contributed by atoms with Gasteiger partial charge in [-0.2, -0.15) is 4.98 Å². The van der Waals surface area contributed by atoms with Crippen molar-refractivity contribution in [3.05, 3.63) is 9.47 Å². The van der Waals surface area contributed by atoms with E-state index in [-0.39, 0.29) is 0 Å². The van der Waals surface area contributed by atoms with E-state index >= 15 is 0 Å². The van der Waals surface area contributed by atoms with E-state index in [1.807, 2.05) is 4.68 Å². The maximum Gasteiger partial charge on any atom is 0.218 e. The molecule has 3 nitrogen and oxygen atoms in total. The highest BCUT2D eigenvalue weighted by atomic mass is 79.9. The standard InChI is InChI=1S/C9H13Br2N3/c10-8-12-9(11)14(13-8)6-7-4-2-1-3-5-7/h7H,1-6H2. The first-order valence-electron chi connectivity index (χ1n) is 5.01. The molecule has 5 heteroatoms. The molecule has 0 bridgehead atoms. The molecular weight excluding hydrogens is 310 g/mol. The van der Waals surface area contributed by atoms with Gasteiger partial charge >= 0.3 is 0 Å². The van der Waals surface area contributed by atoms with Crippen molar-refractivity contribution < 1.29 is 0 Å². The fourth-order valence-electron chi connectivity index (χ4n) is 2.03. The Kier molecular flexibility index (Phi) is 3.60. The van der Waals surface area contributed by atoms with Crippen LogP contribution in [0.25, 0.3) is 0 Å². The van der Waals surface area contributed by atoms with E-state index in [1.54, 1.807) is 0 Å². The summed E-state index contributed by atoms with van der Waals surface area (Å²) < 4.78 is 3.44. The fraction of sp³-hybridized carbons (Fsp3) is 0.778. The highest BCUT2D eigenvalue weighted by molar-refractivity contribution is 9.11. The van der Waals surface area contributed by atoms with Crippen LogP contribution in [0.1, 0.15) is 32.1 Å². The van der Waals surface area contributed by atoms with E-state index in [2.05, 4.69) is 41.9 Å². The van der Waals surface area contributed by atoms with Gasteiger partial charge in [-0.3, -0.25) is 0 Å². The highest BCUT2D eigenvalue weighted by Gasteiger charge is 2.16. The third kappa shape index (κ3) is 2.57. The Balaban J connectivity index is 1.98. The van der Waals surface area contributed by atoms with Crippen molar-refractivity contribution in [2.75, 3.05) is 0 Å². The zero-order valence-corrected chi connectivity index (χ0v) is 11.1. The van der Waals surface area contributed by atoms with Crippen molar-refractivity contribution in [2.24, 2.45) is 5.92 Å². The van der Waals surface area contributed by atoms with Crippen LogP contribution in [-0.2, 0) is 6.54 Å². The molecule has 0 N–H and O–H groups in total. The van der Waals surface area contributed by atoms with Gasteiger partial charge in [-0.05, 0) is 50.6 Å². The van der Waals surface area contributed by atoms with Crippen LogP contribution in [0.2, 0.25) is 0 Å². The van der Waals surface area contributed by atoms with Gasteiger partial charge in [0.25, 0.3) is 0 Å². The van der Waals surface area contributed by atoms with Crippen molar-refractivity contribution >= 4 is 31.9 Å². The van der Waals surface area contributed by atoms with E-state index in [0.717, 1.165) is 17.2 Å². The lowest BCUT2D eigenvalue weighted by Crippen LogP contribution is -2.15. The van der Waals surface area contributed by atoms with Crippen molar-refractivity contribution in [1.29, 1.82) is 0 Å². The third-order valence-corrected chi connectivity index (χ3v) is 3.68. The lowest BCUT2D eigenvalue weighted by molar-refractivity contribution is 0.305. The molecule has 78 valence electrons. The molecule has 0 aliphatic heterocycles. The van der Waals surface area contributed by atoms with Crippen molar-refractivity contribution in [1.82, 2.24) is 14.8 Å². The van der Waals surface area contributed by atoms with Gasteiger partial charge in [0.2, 0.25) is 4.73 Å². The van der Waals surface area contributed by atoms with Crippen LogP contribution in [0.4, 0.5) is 0 Å². The Labute approximate surface area is 101 Å². The predicted octanol–water partition coefficient (Wildman–Crippen LogP) is 3.38. The highest BCUT2D eigenvalue weighted by Crippen LogP contribution is 2.26. The molecule has 1 aromatic heterocycles. The SMILES string of the molecule is Brc1nc(Br)n(CC2CCCCC2)n1. The molecule has 1 heterocycles. The monoisotopic (exact) mass is 321 g/mol. The normalized spacial score (nSPS) is 18.7. The van der Waals surface area contributed by atoms with Crippen molar-refractivity contribution in [2.45, 2.75) is 38.6 Å². The molecule has 14 heavy (non-hydrogen) atoms. The molecule has 0 atom stereocenters. The lowest BCUT2D eigenvalue weighted by atomic mass is 9.89. The molecule has 0 saturated heterocycles. The summed E-state index contributed by atoms with van der Waals surface area (Å²) in [4.78, 5) is 4.16. The molecule has 1 saturated carbocycles. The Morgan fingerprint density at radius 3 is 2.50 bits per heavy atom. The van der Waals surface area contributed by atoms with E-state index in [4.69, 9.17) is 0 Å². The van der Waals surface area contributed by atoms with Gasteiger partial charge in [0.05, 0.1) is 0 Å². The van der Waals surface area contributed by atoms with Crippen LogP contribution in [-0.4, -0.2) is 14.8 Å². The summed E-state index contributed by atoms with van der Waals surface area (Å²) in [5, 5.41) is 4.28. The van der Waals surface area contributed by atoms with Crippen molar-refractivity contribution in [3.8, 4) is 0 Å². The van der Waals surface area contributed by atoms with Crippen LogP contribution in [0, 0.1) is 5.92 Å². The van der Waals surface area contributed by atoms with Crippen LogP contribution >= 0.6 is 31.9 Å². The molecule has 1 aromatic rings. The molecule has 0 radical (unpaired) electrons. The fourth-order valence-corrected chi connectivity index (χ4v) is 3.02. The quantitative estimate of drug-likeness (QED) is 0.835. The number of halogens is 2. The molecule has 1 fully saturated rings. The zero-order chi connectivity index (χ0) is 9.97. The summed E-state index contributed by atoms with van der Waals surface area (Å²) in [6.45, 7) is 0.999. The second-order valence-electron chi connectivity index (χ2n) is 3.84. The van der Waals surface area contributed by atoms with Gasteiger partial charge < -0.3 is 0 Å². The van der Waals surface area contributed by atoms with Crippen LogP contribution in [0.5, 0.6) is 0 Å². The summed E-state index contributed by atoms with van der Waals surface area (Å²) in [5.41, 5.74) is 0. The smallest absolute Gasteiger partial charge is 0.218 e. The summed E-state index contributed by atoms with van der Waals surface area (Å²) in [6, 6.07) is 0. The lowest BCUT2D eigenvalue weighted by Gasteiger charge is -2.21.